The van der Waals surface area contributed by atoms with Crippen molar-refractivity contribution in [1.29, 1.82) is 0 Å². The van der Waals surface area contributed by atoms with Crippen molar-refractivity contribution in [2.75, 3.05) is 6.54 Å². The van der Waals surface area contributed by atoms with Gasteiger partial charge >= 0.3 is 6.09 Å². The van der Waals surface area contributed by atoms with E-state index in [2.05, 4.69) is 96.3 Å². The highest BCUT2D eigenvalue weighted by Gasteiger charge is 2.39. The van der Waals surface area contributed by atoms with Gasteiger partial charge in [-0.2, -0.15) is 0 Å². The van der Waals surface area contributed by atoms with Crippen LogP contribution in [0.2, 0.25) is 0 Å². The van der Waals surface area contributed by atoms with Crippen LogP contribution in [0.25, 0.3) is 0 Å². The first-order chi connectivity index (χ1) is 16.4. The third-order valence-corrected chi connectivity index (χ3v) is 7.69. The van der Waals surface area contributed by atoms with E-state index in [4.69, 9.17) is 4.74 Å². The maximum atomic E-state index is 12.3. The number of thioether (sulfide) groups is 1. The smallest absolute Gasteiger partial charge is 0.407 e. The Morgan fingerprint density at radius 2 is 1.26 bits per heavy atom. The van der Waals surface area contributed by atoms with Gasteiger partial charge in [0.25, 0.3) is 0 Å². The summed E-state index contributed by atoms with van der Waals surface area (Å²) in [7, 11) is 0. The Balaban J connectivity index is 1.75. The van der Waals surface area contributed by atoms with Crippen molar-refractivity contribution in [2.45, 2.75) is 50.4 Å². The molecule has 0 unspecified atom stereocenters. The van der Waals surface area contributed by atoms with Crippen LogP contribution in [0.5, 0.6) is 0 Å². The lowest BCUT2D eigenvalue weighted by Crippen LogP contribution is -2.33. The number of ether oxygens (including phenoxy) is 1. The average Bonchev–Trinajstić information content (AvgIpc) is 3.28. The van der Waals surface area contributed by atoms with Crippen molar-refractivity contribution in [2.24, 2.45) is 0 Å². The minimum absolute atomic E-state index is 0.364. The fourth-order valence-corrected chi connectivity index (χ4v) is 6.16. The van der Waals surface area contributed by atoms with Crippen molar-refractivity contribution in [3.63, 3.8) is 0 Å². The molecule has 0 aromatic heterocycles. The van der Waals surface area contributed by atoms with Crippen molar-refractivity contribution in [1.82, 2.24) is 5.32 Å². The molecule has 0 bridgehead atoms. The molecule has 0 saturated carbocycles. The van der Waals surface area contributed by atoms with E-state index >= 15 is 0 Å². The maximum Gasteiger partial charge on any atom is 0.407 e. The van der Waals surface area contributed by atoms with Gasteiger partial charge in [0.2, 0.25) is 0 Å². The quantitative estimate of drug-likeness (QED) is 0.359. The standard InChI is InChI=1S/C30H33NO2S/c1-29(2,3)33-28(32)31-22-23-14-13-21-27(23)34-30(24-15-7-4-8-16-24,25-17-9-5-10-18-25)26-19-11-6-12-20-26/h4-12,15-20H,13-14,21-22H2,1-3H3,(H,31,32). The van der Waals surface area contributed by atoms with Crippen molar-refractivity contribution in [3.05, 3.63) is 118 Å². The zero-order valence-corrected chi connectivity index (χ0v) is 21.0. The van der Waals surface area contributed by atoms with E-state index in [9.17, 15) is 4.79 Å². The molecule has 4 heteroatoms. The summed E-state index contributed by atoms with van der Waals surface area (Å²) in [5, 5.41) is 2.98. The van der Waals surface area contributed by atoms with Gasteiger partial charge in [-0.15, -0.1) is 11.8 Å². The second-order valence-corrected chi connectivity index (χ2v) is 10.9. The van der Waals surface area contributed by atoms with E-state index in [1.807, 2.05) is 32.5 Å². The van der Waals surface area contributed by atoms with Crippen LogP contribution in [0, 0.1) is 0 Å². The molecule has 0 radical (unpaired) electrons. The van der Waals surface area contributed by atoms with Gasteiger partial charge in [0.1, 0.15) is 5.60 Å². The molecule has 0 fully saturated rings. The summed E-state index contributed by atoms with van der Waals surface area (Å²) in [5.74, 6) is 0. The zero-order chi connectivity index (χ0) is 24.0. The lowest BCUT2D eigenvalue weighted by atomic mass is 9.84. The molecule has 1 aliphatic rings. The van der Waals surface area contributed by atoms with Gasteiger partial charge < -0.3 is 10.1 Å². The Morgan fingerprint density at radius 3 is 1.71 bits per heavy atom. The second kappa shape index (κ2) is 10.5. The predicted molar refractivity (Wildman–Crippen MR) is 142 cm³/mol. The first-order valence-corrected chi connectivity index (χ1v) is 12.7. The number of hydrogen-bond donors (Lipinski definition) is 1. The summed E-state index contributed by atoms with van der Waals surface area (Å²) in [4.78, 5) is 13.7. The molecule has 3 aromatic rings. The molecule has 176 valence electrons. The summed E-state index contributed by atoms with van der Waals surface area (Å²) in [6.07, 6.45) is 2.75. The van der Waals surface area contributed by atoms with E-state index in [1.54, 1.807) is 0 Å². The van der Waals surface area contributed by atoms with Gasteiger partial charge in [-0.25, -0.2) is 4.79 Å². The van der Waals surface area contributed by atoms with Gasteiger partial charge in [-0.3, -0.25) is 0 Å². The van der Waals surface area contributed by atoms with Crippen LogP contribution < -0.4 is 5.32 Å². The van der Waals surface area contributed by atoms with Crippen molar-refractivity contribution in [3.8, 4) is 0 Å². The van der Waals surface area contributed by atoms with Crippen LogP contribution >= 0.6 is 11.8 Å². The van der Waals surface area contributed by atoms with Crippen LogP contribution in [0.1, 0.15) is 56.7 Å². The van der Waals surface area contributed by atoms with E-state index < -0.39 is 5.60 Å². The summed E-state index contributed by atoms with van der Waals surface area (Å²) in [5.41, 5.74) is 4.53. The van der Waals surface area contributed by atoms with Crippen LogP contribution in [-0.2, 0) is 9.48 Å². The minimum atomic E-state index is -0.505. The monoisotopic (exact) mass is 471 g/mol. The largest absolute Gasteiger partial charge is 0.444 e. The summed E-state index contributed by atoms with van der Waals surface area (Å²) < 4.78 is 5.07. The average molecular weight is 472 g/mol. The lowest BCUT2D eigenvalue weighted by molar-refractivity contribution is 0.0532. The molecule has 0 aliphatic heterocycles. The van der Waals surface area contributed by atoms with Gasteiger partial charge in [-0.05, 0) is 67.2 Å². The van der Waals surface area contributed by atoms with Gasteiger partial charge in [0.05, 0.1) is 4.75 Å². The lowest BCUT2D eigenvalue weighted by Gasteiger charge is -2.36. The Kier molecular flexibility index (Phi) is 7.47. The Bertz CT molecular complexity index is 1020. The minimum Gasteiger partial charge on any atom is -0.444 e. The third kappa shape index (κ3) is 5.56. The van der Waals surface area contributed by atoms with E-state index in [1.165, 1.54) is 27.2 Å². The van der Waals surface area contributed by atoms with Gasteiger partial charge in [0, 0.05) is 6.54 Å². The number of amides is 1. The third-order valence-electron chi connectivity index (χ3n) is 5.94. The number of nitrogens with one attached hydrogen (secondary N) is 1. The fraction of sp³-hybridized carbons (Fsp3) is 0.300. The Labute approximate surface area is 207 Å². The molecule has 0 atom stereocenters. The Hall–Kier alpha value is -2.98. The van der Waals surface area contributed by atoms with Crippen LogP contribution in [0.15, 0.2) is 101 Å². The van der Waals surface area contributed by atoms with Crippen molar-refractivity contribution < 1.29 is 9.53 Å². The van der Waals surface area contributed by atoms with E-state index in [-0.39, 0.29) is 10.8 Å². The first-order valence-electron chi connectivity index (χ1n) is 11.9. The fourth-order valence-electron chi connectivity index (χ4n) is 4.46. The molecule has 1 amide bonds. The number of hydrogen-bond acceptors (Lipinski definition) is 3. The van der Waals surface area contributed by atoms with Crippen LogP contribution in [0.4, 0.5) is 4.79 Å². The predicted octanol–water partition coefficient (Wildman–Crippen LogP) is 7.67. The molecule has 3 aromatic carbocycles. The molecular weight excluding hydrogens is 438 g/mol. The molecule has 1 aliphatic carbocycles. The first kappa shape index (κ1) is 24.2. The molecule has 3 nitrogen and oxygen atoms in total. The number of benzene rings is 3. The summed E-state index contributed by atoms with van der Waals surface area (Å²) in [6, 6.07) is 32.2. The molecule has 1 N–H and O–H groups in total. The number of carbonyl (C=O) groups is 1. The molecule has 0 saturated heterocycles. The van der Waals surface area contributed by atoms with E-state index in [0.29, 0.717) is 6.54 Å². The molecule has 34 heavy (non-hydrogen) atoms. The van der Waals surface area contributed by atoms with E-state index in [0.717, 1.165) is 19.3 Å². The topological polar surface area (TPSA) is 38.3 Å². The van der Waals surface area contributed by atoms with Crippen LogP contribution in [0.3, 0.4) is 0 Å². The summed E-state index contributed by atoms with van der Waals surface area (Å²) >= 11 is 1.92. The second-order valence-electron chi connectivity index (χ2n) is 9.62. The normalized spacial score (nSPS) is 14.2. The number of allylic oxidation sites excluding steroid dienone is 1. The summed E-state index contributed by atoms with van der Waals surface area (Å²) in [6.45, 7) is 6.18. The van der Waals surface area contributed by atoms with Crippen molar-refractivity contribution >= 4 is 17.9 Å². The Morgan fingerprint density at radius 1 is 0.794 bits per heavy atom. The highest BCUT2D eigenvalue weighted by atomic mass is 32.2. The molecule has 0 spiro atoms. The van der Waals surface area contributed by atoms with Gasteiger partial charge in [0.15, 0.2) is 0 Å². The molecule has 4 rings (SSSR count). The van der Waals surface area contributed by atoms with Crippen LogP contribution in [-0.4, -0.2) is 18.2 Å². The number of alkyl carbamates (subject to hydrolysis) is 1. The molecule has 0 heterocycles. The zero-order valence-electron chi connectivity index (χ0n) is 20.2. The number of carbonyl (C=O) groups excluding carboxylic acids is 1. The SMILES string of the molecule is CC(C)(C)OC(=O)NCC1=C(SC(c2ccccc2)(c2ccccc2)c2ccccc2)CCC1. The number of rotatable bonds is 7. The molecular formula is C30H33NO2S. The van der Waals surface area contributed by atoms with Gasteiger partial charge in [-0.1, -0.05) is 91.0 Å². The maximum absolute atomic E-state index is 12.3. The highest BCUT2D eigenvalue weighted by molar-refractivity contribution is 8.04. The highest BCUT2D eigenvalue weighted by Crippen LogP contribution is 2.54.